The SMILES string of the molecule is Cc1c(Cl)cccc1NC(=O)c1cc(CN2CCCC2)on1. The molecule has 1 aromatic carbocycles. The van der Waals surface area contributed by atoms with Gasteiger partial charge in [-0.1, -0.05) is 22.8 Å². The van der Waals surface area contributed by atoms with E-state index in [0.29, 0.717) is 17.3 Å². The summed E-state index contributed by atoms with van der Waals surface area (Å²) in [5.74, 6) is 0.427. The molecule has 2 aromatic rings. The van der Waals surface area contributed by atoms with Crippen LogP contribution >= 0.6 is 11.6 Å². The lowest BCUT2D eigenvalue weighted by Gasteiger charge is -2.10. The first-order valence-corrected chi connectivity index (χ1v) is 7.75. The zero-order valence-electron chi connectivity index (χ0n) is 12.4. The van der Waals surface area contributed by atoms with Gasteiger partial charge in [-0.05, 0) is 50.6 Å². The van der Waals surface area contributed by atoms with Gasteiger partial charge in [-0.3, -0.25) is 9.69 Å². The molecule has 3 rings (SSSR count). The van der Waals surface area contributed by atoms with E-state index in [2.05, 4.69) is 15.4 Å². The maximum atomic E-state index is 12.2. The largest absolute Gasteiger partial charge is 0.359 e. The van der Waals surface area contributed by atoms with E-state index in [1.807, 2.05) is 13.0 Å². The van der Waals surface area contributed by atoms with Crippen LogP contribution in [0.2, 0.25) is 5.02 Å². The molecule has 0 spiro atoms. The van der Waals surface area contributed by atoms with Crippen molar-refractivity contribution in [2.45, 2.75) is 26.3 Å². The van der Waals surface area contributed by atoms with Crippen molar-refractivity contribution in [2.75, 3.05) is 18.4 Å². The average molecular weight is 320 g/mol. The predicted molar refractivity (Wildman–Crippen MR) is 85.2 cm³/mol. The van der Waals surface area contributed by atoms with Crippen molar-refractivity contribution < 1.29 is 9.32 Å². The van der Waals surface area contributed by atoms with Gasteiger partial charge in [0.2, 0.25) is 0 Å². The maximum Gasteiger partial charge on any atom is 0.277 e. The number of nitrogens with zero attached hydrogens (tertiary/aromatic N) is 2. The lowest BCUT2D eigenvalue weighted by molar-refractivity contribution is 0.101. The fourth-order valence-corrected chi connectivity index (χ4v) is 2.76. The van der Waals surface area contributed by atoms with Gasteiger partial charge >= 0.3 is 0 Å². The van der Waals surface area contributed by atoms with E-state index in [1.165, 1.54) is 12.8 Å². The summed E-state index contributed by atoms with van der Waals surface area (Å²) in [7, 11) is 0. The predicted octanol–water partition coefficient (Wildman–Crippen LogP) is 3.48. The molecule has 0 atom stereocenters. The van der Waals surface area contributed by atoms with Crippen LogP contribution < -0.4 is 5.32 Å². The summed E-state index contributed by atoms with van der Waals surface area (Å²) < 4.78 is 5.26. The summed E-state index contributed by atoms with van der Waals surface area (Å²) in [4.78, 5) is 14.5. The number of aromatic nitrogens is 1. The molecule has 1 aliphatic heterocycles. The summed E-state index contributed by atoms with van der Waals surface area (Å²) in [5.41, 5.74) is 1.80. The number of anilines is 1. The number of likely N-dealkylation sites (tertiary alicyclic amines) is 1. The number of halogens is 1. The Balaban J connectivity index is 1.67. The highest BCUT2D eigenvalue weighted by atomic mass is 35.5. The van der Waals surface area contributed by atoms with Gasteiger partial charge in [-0.2, -0.15) is 0 Å². The van der Waals surface area contributed by atoms with Crippen molar-refractivity contribution in [2.24, 2.45) is 0 Å². The van der Waals surface area contributed by atoms with E-state index in [4.69, 9.17) is 16.1 Å². The van der Waals surface area contributed by atoms with Crippen LogP contribution in [-0.2, 0) is 6.54 Å². The Bertz CT molecular complexity index is 678. The number of amides is 1. The van der Waals surface area contributed by atoms with Crippen molar-refractivity contribution in [3.63, 3.8) is 0 Å². The number of rotatable bonds is 4. The number of hydrogen-bond donors (Lipinski definition) is 1. The molecule has 1 aliphatic rings. The second-order valence-corrected chi connectivity index (χ2v) is 5.94. The van der Waals surface area contributed by atoms with Crippen molar-refractivity contribution in [1.82, 2.24) is 10.1 Å². The van der Waals surface area contributed by atoms with Gasteiger partial charge in [0, 0.05) is 16.8 Å². The Morgan fingerprint density at radius 1 is 1.41 bits per heavy atom. The van der Waals surface area contributed by atoms with E-state index >= 15 is 0 Å². The number of nitrogens with one attached hydrogen (secondary N) is 1. The van der Waals surface area contributed by atoms with E-state index in [9.17, 15) is 4.79 Å². The zero-order valence-corrected chi connectivity index (χ0v) is 13.2. The van der Waals surface area contributed by atoms with Crippen LogP contribution in [0.15, 0.2) is 28.8 Å². The second-order valence-electron chi connectivity index (χ2n) is 5.53. The monoisotopic (exact) mass is 319 g/mol. The first kappa shape index (κ1) is 15.1. The van der Waals surface area contributed by atoms with E-state index in [0.717, 1.165) is 24.4 Å². The fraction of sp³-hybridized carbons (Fsp3) is 0.375. The lowest BCUT2D eigenvalue weighted by atomic mass is 10.2. The Hall–Kier alpha value is -1.85. The summed E-state index contributed by atoms with van der Waals surface area (Å²) in [6.07, 6.45) is 2.44. The number of benzene rings is 1. The van der Waals surface area contributed by atoms with Gasteiger partial charge in [-0.15, -0.1) is 0 Å². The van der Waals surface area contributed by atoms with Crippen molar-refractivity contribution in [3.8, 4) is 0 Å². The molecule has 1 aromatic heterocycles. The van der Waals surface area contributed by atoms with Gasteiger partial charge in [0.1, 0.15) is 0 Å². The maximum absolute atomic E-state index is 12.2. The number of carbonyl (C=O) groups is 1. The van der Waals surface area contributed by atoms with Crippen LogP contribution in [0, 0.1) is 6.92 Å². The molecule has 1 N–H and O–H groups in total. The van der Waals surface area contributed by atoms with E-state index in [1.54, 1.807) is 18.2 Å². The number of hydrogen-bond acceptors (Lipinski definition) is 4. The molecule has 0 saturated carbocycles. The molecular formula is C16H18ClN3O2. The molecule has 2 heterocycles. The minimum atomic E-state index is -0.290. The smallest absolute Gasteiger partial charge is 0.277 e. The molecule has 0 bridgehead atoms. The summed E-state index contributed by atoms with van der Waals surface area (Å²) in [6, 6.07) is 7.10. The molecule has 0 aliphatic carbocycles. The quantitative estimate of drug-likeness (QED) is 0.937. The van der Waals surface area contributed by atoms with Gasteiger partial charge in [-0.25, -0.2) is 0 Å². The Morgan fingerprint density at radius 3 is 2.95 bits per heavy atom. The molecule has 116 valence electrons. The highest BCUT2D eigenvalue weighted by molar-refractivity contribution is 6.31. The van der Waals surface area contributed by atoms with Crippen molar-refractivity contribution in [3.05, 3.63) is 46.3 Å². The molecule has 1 amide bonds. The highest BCUT2D eigenvalue weighted by Crippen LogP contribution is 2.23. The minimum absolute atomic E-state index is 0.286. The third-order valence-corrected chi connectivity index (χ3v) is 4.30. The van der Waals surface area contributed by atoms with Gasteiger partial charge in [0.15, 0.2) is 11.5 Å². The normalized spacial score (nSPS) is 15.2. The van der Waals surface area contributed by atoms with Crippen LogP contribution in [0.25, 0.3) is 0 Å². The molecular weight excluding hydrogens is 302 g/mol. The summed E-state index contributed by atoms with van der Waals surface area (Å²) >= 11 is 6.05. The minimum Gasteiger partial charge on any atom is -0.359 e. The topological polar surface area (TPSA) is 58.4 Å². The van der Waals surface area contributed by atoms with Gasteiger partial charge in [0.25, 0.3) is 5.91 Å². The summed E-state index contributed by atoms with van der Waals surface area (Å²) in [5, 5.41) is 7.29. The highest BCUT2D eigenvalue weighted by Gasteiger charge is 2.17. The van der Waals surface area contributed by atoms with Crippen LogP contribution in [-0.4, -0.2) is 29.1 Å². The van der Waals surface area contributed by atoms with Gasteiger partial charge < -0.3 is 9.84 Å². The Kier molecular flexibility index (Phi) is 4.45. The Labute approximate surface area is 134 Å². The molecule has 0 radical (unpaired) electrons. The molecule has 6 heteroatoms. The molecule has 0 unspecified atom stereocenters. The van der Waals surface area contributed by atoms with Crippen LogP contribution in [0.1, 0.15) is 34.7 Å². The van der Waals surface area contributed by atoms with Crippen molar-refractivity contribution >= 4 is 23.2 Å². The zero-order chi connectivity index (χ0) is 15.5. The summed E-state index contributed by atoms with van der Waals surface area (Å²) in [6.45, 7) is 4.71. The fourth-order valence-electron chi connectivity index (χ4n) is 2.58. The third-order valence-electron chi connectivity index (χ3n) is 3.89. The standard InChI is InChI=1S/C16H18ClN3O2/c1-11-13(17)5-4-6-14(11)18-16(21)15-9-12(22-19-15)10-20-7-2-3-8-20/h4-6,9H,2-3,7-8,10H2,1H3,(H,18,21). The first-order valence-electron chi connectivity index (χ1n) is 7.38. The Morgan fingerprint density at radius 2 is 2.18 bits per heavy atom. The molecule has 1 saturated heterocycles. The van der Waals surface area contributed by atoms with Crippen LogP contribution in [0.4, 0.5) is 5.69 Å². The third kappa shape index (κ3) is 3.31. The first-order chi connectivity index (χ1) is 10.6. The van der Waals surface area contributed by atoms with E-state index < -0.39 is 0 Å². The van der Waals surface area contributed by atoms with Crippen LogP contribution in [0.5, 0.6) is 0 Å². The second kappa shape index (κ2) is 6.50. The lowest BCUT2D eigenvalue weighted by Crippen LogP contribution is -2.18. The molecule has 1 fully saturated rings. The molecule has 5 nitrogen and oxygen atoms in total. The number of carbonyl (C=O) groups excluding carboxylic acids is 1. The van der Waals surface area contributed by atoms with Gasteiger partial charge in [0.05, 0.1) is 6.54 Å². The molecule has 22 heavy (non-hydrogen) atoms. The van der Waals surface area contributed by atoms with Crippen molar-refractivity contribution in [1.29, 1.82) is 0 Å². The average Bonchev–Trinajstić information content (AvgIpc) is 3.16. The van der Waals surface area contributed by atoms with E-state index in [-0.39, 0.29) is 11.6 Å². The van der Waals surface area contributed by atoms with Crippen LogP contribution in [0.3, 0.4) is 0 Å².